The van der Waals surface area contributed by atoms with E-state index < -0.39 is 0 Å². The minimum Gasteiger partial charge on any atom is -0.350 e. The van der Waals surface area contributed by atoms with Crippen molar-refractivity contribution >= 4 is 11.8 Å². The van der Waals surface area contributed by atoms with E-state index >= 15 is 0 Å². The molecule has 6 nitrogen and oxygen atoms in total. The van der Waals surface area contributed by atoms with E-state index in [0.29, 0.717) is 0 Å². The monoisotopic (exact) mass is 270 g/mol. The van der Waals surface area contributed by atoms with Gasteiger partial charge in [-0.1, -0.05) is 0 Å². The van der Waals surface area contributed by atoms with Gasteiger partial charge < -0.3 is 16.0 Å². The van der Waals surface area contributed by atoms with Crippen LogP contribution in [0.1, 0.15) is 27.7 Å². The first-order valence-electron chi connectivity index (χ1n) is 6.83. The van der Waals surface area contributed by atoms with Crippen molar-refractivity contribution in [3.05, 3.63) is 0 Å². The third-order valence-electron chi connectivity index (χ3n) is 3.02. The van der Waals surface area contributed by atoms with Crippen molar-refractivity contribution in [3.63, 3.8) is 0 Å². The van der Waals surface area contributed by atoms with Gasteiger partial charge >= 0.3 is 0 Å². The van der Waals surface area contributed by atoms with Crippen molar-refractivity contribution in [2.24, 2.45) is 0 Å². The number of hydrogen-bond donors (Lipinski definition) is 3. The first-order chi connectivity index (χ1) is 8.79. The number of hydrogen-bond acceptors (Lipinski definition) is 4. The van der Waals surface area contributed by atoms with Gasteiger partial charge in [0, 0.05) is 31.7 Å². The van der Waals surface area contributed by atoms with E-state index in [1.165, 1.54) is 0 Å². The molecule has 1 heterocycles. The predicted molar refractivity (Wildman–Crippen MR) is 74.8 cm³/mol. The summed E-state index contributed by atoms with van der Waals surface area (Å²) in [6, 6.07) is -0.190. The lowest BCUT2D eigenvalue weighted by Crippen LogP contribution is -2.54. The summed E-state index contributed by atoms with van der Waals surface area (Å²) in [6.45, 7) is 11.2. The molecule has 2 amide bonds. The Morgan fingerprint density at radius 1 is 1.26 bits per heavy atom. The van der Waals surface area contributed by atoms with Gasteiger partial charge in [-0.2, -0.15) is 0 Å². The highest BCUT2D eigenvalue weighted by molar-refractivity contribution is 5.87. The van der Waals surface area contributed by atoms with Gasteiger partial charge in [-0.25, -0.2) is 0 Å². The Hall–Kier alpha value is -1.14. The second kappa shape index (κ2) is 6.86. The van der Waals surface area contributed by atoms with Crippen LogP contribution in [0.5, 0.6) is 0 Å². The topological polar surface area (TPSA) is 73.5 Å². The lowest BCUT2D eigenvalue weighted by Gasteiger charge is -2.31. The van der Waals surface area contributed by atoms with E-state index in [2.05, 4.69) is 20.9 Å². The Morgan fingerprint density at radius 2 is 1.84 bits per heavy atom. The fraction of sp³-hybridized carbons (Fsp3) is 0.846. The summed E-state index contributed by atoms with van der Waals surface area (Å²) >= 11 is 0. The standard InChI is InChI=1S/C13H26N4O2/c1-10(17-7-5-14-6-8-17)12(19)15-9-11(18)16-13(2,3)4/h10,14H,5-9H2,1-4H3,(H,15,19)(H,16,18). The van der Waals surface area contributed by atoms with Crippen molar-refractivity contribution < 1.29 is 9.59 Å². The normalized spacial score (nSPS) is 18.7. The second-order valence-corrected chi connectivity index (χ2v) is 5.98. The molecule has 0 aromatic heterocycles. The van der Waals surface area contributed by atoms with Gasteiger partial charge in [0.15, 0.2) is 0 Å². The SMILES string of the molecule is CC(C(=O)NCC(=O)NC(C)(C)C)N1CCNCC1. The first-order valence-corrected chi connectivity index (χ1v) is 6.83. The van der Waals surface area contributed by atoms with Crippen molar-refractivity contribution in [2.75, 3.05) is 32.7 Å². The molecule has 1 saturated heterocycles. The third kappa shape index (κ3) is 6.02. The Bertz CT molecular complexity index is 319. The summed E-state index contributed by atoms with van der Waals surface area (Å²) in [7, 11) is 0. The molecule has 0 aliphatic carbocycles. The van der Waals surface area contributed by atoms with E-state index in [0.717, 1.165) is 26.2 Å². The smallest absolute Gasteiger partial charge is 0.239 e. The minimum absolute atomic E-state index is 0.0343. The predicted octanol–water partition coefficient (Wildman–Crippen LogP) is -0.689. The molecule has 0 radical (unpaired) electrons. The zero-order valence-electron chi connectivity index (χ0n) is 12.4. The van der Waals surface area contributed by atoms with E-state index in [4.69, 9.17) is 0 Å². The lowest BCUT2D eigenvalue weighted by atomic mass is 10.1. The maximum atomic E-state index is 12.0. The highest BCUT2D eigenvalue weighted by Crippen LogP contribution is 2.01. The van der Waals surface area contributed by atoms with Gasteiger partial charge in [0.1, 0.15) is 0 Å². The van der Waals surface area contributed by atoms with E-state index in [1.54, 1.807) is 0 Å². The molecule has 110 valence electrons. The fourth-order valence-electron chi connectivity index (χ4n) is 2.01. The molecule has 0 spiro atoms. The molecular formula is C13H26N4O2. The number of rotatable bonds is 4. The zero-order chi connectivity index (χ0) is 14.5. The van der Waals surface area contributed by atoms with Gasteiger partial charge in [0.05, 0.1) is 12.6 Å². The van der Waals surface area contributed by atoms with E-state index in [-0.39, 0.29) is 29.9 Å². The summed E-state index contributed by atoms with van der Waals surface area (Å²) in [5.74, 6) is -0.251. The number of carbonyl (C=O) groups is 2. The molecule has 1 rings (SSSR count). The molecule has 0 saturated carbocycles. The van der Waals surface area contributed by atoms with Crippen LogP contribution in [-0.4, -0.2) is 61.0 Å². The lowest BCUT2D eigenvalue weighted by molar-refractivity contribution is -0.129. The summed E-state index contributed by atoms with van der Waals surface area (Å²) in [5, 5.41) is 8.75. The van der Waals surface area contributed by atoms with Crippen molar-refractivity contribution in [3.8, 4) is 0 Å². The number of nitrogens with zero attached hydrogens (tertiary/aromatic N) is 1. The van der Waals surface area contributed by atoms with Gasteiger partial charge in [0.2, 0.25) is 11.8 Å². The van der Waals surface area contributed by atoms with Crippen LogP contribution in [-0.2, 0) is 9.59 Å². The number of amides is 2. The van der Waals surface area contributed by atoms with E-state index in [9.17, 15) is 9.59 Å². The highest BCUT2D eigenvalue weighted by Gasteiger charge is 2.23. The largest absolute Gasteiger partial charge is 0.350 e. The Balaban J connectivity index is 2.32. The van der Waals surface area contributed by atoms with Crippen molar-refractivity contribution in [2.45, 2.75) is 39.3 Å². The van der Waals surface area contributed by atoms with E-state index in [1.807, 2.05) is 27.7 Å². The first kappa shape index (κ1) is 15.9. The Labute approximate surface area is 115 Å². The summed E-state index contributed by atoms with van der Waals surface area (Å²) in [5.41, 5.74) is -0.272. The maximum absolute atomic E-state index is 12.0. The van der Waals surface area contributed by atoms with Gasteiger partial charge in [-0.05, 0) is 27.7 Å². The molecule has 1 aliphatic heterocycles. The van der Waals surface area contributed by atoms with Crippen LogP contribution in [0.25, 0.3) is 0 Å². The van der Waals surface area contributed by atoms with Crippen molar-refractivity contribution in [1.82, 2.24) is 20.9 Å². The van der Waals surface area contributed by atoms with Crippen LogP contribution in [0.3, 0.4) is 0 Å². The third-order valence-corrected chi connectivity index (χ3v) is 3.02. The quantitative estimate of drug-likeness (QED) is 0.632. The molecule has 0 bridgehead atoms. The summed E-state index contributed by atoms with van der Waals surface area (Å²) in [6.07, 6.45) is 0. The van der Waals surface area contributed by atoms with Crippen LogP contribution >= 0.6 is 0 Å². The molecule has 1 fully saturated rings. The molecule has 0 aromatic rings. The average molecular weight is 270 g/mol. The molecular weight excluding hydrogens is 244 g/mol. The summed E-state index contributed by atoms with van der Waals surface area (Å²) < 4.78 is 0. The second-order valence-electron chi connectivity index (χ2n) is 5.98. The maximum Gasteiger partial charge on any atom is 0.239 e. The average Bonchev–Trinajstić information content (AvgIpc) is 2.34. The van der Waals surface area contributed by atoms with Crippen LogP contribution < -0.4 is 16.0 Å². The van der Waals surface area contributed by atoms with Crippen LogP contribution in [0, 0.1) is 0 Å². The van der Waals surface area contributed by atoms with Crippen molar-refractivity contribution in [1.29, 1.82) is 0 Å². The minimum atomic E-state index is -0.272. The Morgan fingerprint density at radius 3 is 2.37 bits per heavy atom. The van der Waals surface area contributed by atoms with Gasteiger partial charge in [0.25, 0.3) is 0 Å². The molecule has 1 atom stereocenters. The molecule has 6 heteroatoms. The zero-order valence-corrected chi connectivity index (χ0v) is 12.4. The Kier molecular flexibility index (Phi) is 5.75. The molecule has 3 N–H and O–H groups in total. The van der Waals surface area contributed by atoms with Gasteiger partial charge in [-0.3, -0.25) is 14.5 Å². The van der Waals surface area contributed by atoms with Gasteiger partial charge in [-0.15, -0.1) is 0 Å². The molecule has 0 aromatic carbocycles. The number of piperazine rings is 1. The van der Waals surface area contributed by atoms with Crippen LogP contribution in [0.2, 0.25) is 0 Å². The molecule has 1 unspecified atom stereocenters. The van der Waals surface area contributed by atoms with Crippen LogP contribution in [0.15, 0.2) is 0 Å². The number of nitrogens with one attached hydrogen (secondary N) is 3. The fourth-order valence-corrected chi connectivity index (χ4v) is 2.01. The number of carbonyl (C=O) groups excluding carboxylic acids is 2. The van der Waals surface area contributed by atoms with Crippen LogP contribution in [0.4, 0.5) is 0 Å². The molecule has 1 aliphatic rings. The summed E-state index contributed by atoms with van der Waals surface area (Å²) in [4.78, 5) is 25.7. The molecule has 19 heavy (non-hydrogen) atoms. The highest BCUT2D eigenvalue weighted by atomic mass is 16.2.